The largest absolute Gasteiger partial charge is 0.398 e. The molecule has 56 valence electrons. The average Bonchev–Trinajstić information content (AvgIpc) is 2.08. The van der Waals surface area contributed by atoms with E-state index in [1.165, 1.54) is 0 Å². The maximum atomic E-state index is 5.49. The molecule has 0 aliphatic rings. The van der Waals surface area contributed by atoms with Crippen molar-refractivity contribution in [2.45, 2.75) is 0 Å². The number of hydrogen-bond donors (Lipinski definition) is 1. The highest BCUT2D eigenvalue weighted by molar-refractivity contribution is 5.67. The molecule has 0 atom stereocenters. The van der Waals surface area contributed by atoms with Gasteiger partial charge in [0.1, 0.15) is 0 Å². The Kier molecular flexibility index (Phi) is 2.14. The van der Waals surface area contributed by atoms with Gasteiger partial charge in [0.05, 0.1) is 0 Å². The van der Waals surface area contributed by atoms with E-state index < -0.39 is 0 Å². The highest BCUT2D eigenvalue weighted by atomic mass is 14.6. The second kappa shape index (κ2) is 2.81. The lowest BCUT2D eigenvalue weighted by Gasteiger charge is -2.13. The first-order valence-corrected chi connectivity index (χ1v) is 3.23. The van der Waals surface area contributed by atoms with Crippen LogP contribution in [0.2, 0.25) is 0 Å². The first kappa shape index (κ1) is 9.11. The number of anilines is 1. The highest BCUT2D eigenvalue weighted by Gasteiger charge is 2.09. The summed E-state index contributed by atoms with van der Waals surface area (Å²) in [7, 11) is 0. The molecule has 1 aromatic rings. The topological polar surface area (TPSA) is 26.0 Å². The number of hydrogen-bond acceptors (Lipinski definition) is 1. The van der Waals surface area contributed by atoms with Crippen LogP contribution in [0, 0.1) is 34.6 Å². The highest BCUT2D eigenvalue weighted by Crippen LogP contribution is 2.27. The van der Waals surface area contributed by atoms with Crippen molar-refractivity contribution in [2.24, 2.45) is 0 Å². The summed E-state index contributed by atoms with van der Waals surface area (Å²) in [5, 5.41) is 0. The van der Waals surface area contributed by atoms with Crippen LogP contribution in [0.15, 0.2) is 0 Å². The normalized spacial score (nSPS) is 10.4. The van der Waals surface area contributed by atoms with E-state index in [1.807, 2.05) is 0 Å². The lowest BCUT2D eigenvalue weighted by atomic mass is 9.93. The van der Waals surface area contributed by atoms with Crippen molar-refractivity contribution in [3.8, 4) is 0 Å². The van der Waals surface area contributed by atoms with Gasteiger partial charge in [0.15, 0.2) is 0 Å². The van der Waals surface area contributed by atoms with Crippen LogP contribution < -0.4 is 5.73 Å². The van der Waals surface area contributed by atoms with Crippen molar-refractivity contribution in [3.05, 3.63) is 62.4 Å². The van der Waals surface area contributed by atoms with Crippen molar-refractivity contribution in [3.63, 3.8) is 0 Å². The fourth-order valence-electron chi connectivity index (χ4n) is 0.871. The first-order chi connectivity index (χ1) is 5.46. The zero-order valence-electron chi connectivity index (χ0n) is 6.46. The second-order valence-electron chi connectivity index (χ2n) is 2.48. The van der Waals surface area contributed by atoms with Crippen LogP contribution >= 0.6 is 0 Å². The Hall–Kier alpha value is -0.980. The van der Waals surface area contributed by atoms with Crippen molar-refractivity contribution in [1.82, 2.24) is 0 Å². The number of nitrogens with two attached hydrogens (primary N) is 1. The molecule has 0 saturated heterocycles. The second-order valence-corrected chi connectivity index (χ2v) is 2.48. The first-order valence-electron chi connectivity index (χ1n) is 3.23. The molecule has 0 saturated carbocycles. The molecule has 0 heterocycles. The van der Waals surface area contributed by atoms with E-state index >= 15 is 0 Å². The summed E-state index contributed by atoms with van der Waals surface area (Å²) in [6.07, 6.45) is 0. The van der Waals surface area contributed by atoms with Crippen LogP contribution in [0.5, 0.6) is 0 Å². The maximum Gasteiger partial charge on any atom is 0.0391 e. The molecule has 1 rings (SSSR count). The average molecular weight is 153 g/mol. The molecule has 0 amide bonds. The van der Waals surface area contributed by atoms with E-state index in [0.717, 1.165) is 0 Å². The van der Waals surface area contributed by atoms with Gasteiger partial charge in [-0.2, -0.15) is 0 Å². The summed E-state index contributed by atoms with van der Waals surface area (Å²) < 4.78 is 0. The molecule has 0 aromatic heterocycles. The van der Waals surface area contributed by atoms with Crippen molar-refractivity contribution in [2.75, 3.05) is 5.73 Å². The lowest BCUT2D eigenvalue weighted by Crippen LogP contribution is -2.01. The minimum Gasteiger partial charge on any atom is -0.398 e. The molecule has 0 aliphatic heterocycles. The predicted octanol–water partition coefficient (Wildman–Crippen LogP) is 1.56. The molecule has 1 aromatic carbocycles. The van der Waals surface area contributed by atoms with E-state index in [-0.39, 0.29) is 33.5 Å². The summed E-state index contributed by atoms with van der Waals surface area (Å²) in [5.74, 6) is 0. The summed E-state index contributed by atoms with van der Waals surface area (Å²) in [4.78, 5) is 0. The van der Waals surface area contributed by atoms with Gasteiger partial charge in [0.25, 0.3) is 0 Å². The Morgan fingerprint density at radius 2 is 0.833 bits per heavy atom. The minimum absolute atomic E-state index is 0.180. The molecule has 0 unspecified atom stereocenters. The Morgan fingerprint density at radius 3 is 1.17 bits per heavy atom. The lowest BCUT2D eigenvalue weighted by molar-refractivity contribution is 1.39. The molecular formula is C11H7N. The van der Waals surface area contributed by atoms with Crippen LogP contribution in [0.25, 0.3) is 0 Å². The number of benzene rings is 1. The number of rotatable bonds is 0. The van der Waals surface area contributed by atoms with E-state index in [9.17, 15) is 0 Å². The van der Waals surface area contributed by atoms with Crippen molar-refractivity contribution < 1.29 is 0 Å². The molecular weight excluding hydrogens is 146 g/mol. The Labute approximate surface area is 74.6 Å². The standard InChI is InChI=1S/C11H7N/c1-6-7(2)9(4)11(12)10(5)8(6)3/h1-5H,12H2. The Bertz CT molecular complexity index is 219. The smallest absolute Gasteiger partial charge is 0.0391 e. The van der Waals surface area contributed by atoms with Gasteiger partial charge >= 0.3 is 0 Å². The van der Waals surface area contributed by atoms with Crippen molar-refractivity contribution >= 4 is 5.69 Å². The van der Waals surface area contributed by atoms with Crippen LogP contribution in [-0.2, 0) is 0 Å². The molecule has 0 bridgehead atoms. The van der Waals surface area contributed by atoms with Crippen LogP contribution in [0.1, 0.15) is 27.8 Å². The van der Waals surface area contributed by atoms with Gasteiger partial charge in [0.2, 0.25) is 0 Å². The van der Waals surface area contributed by atoms with Gasteiger partial charge < -0.3 is 5.73 Å². The third kappa shape index (κ3) is 1.09. The third-order valence-corrected chi connectivity index (χ3v) is 1.74. The summed E-state index contributed by atoms with van der Waals surface area (Å²) in [6.45, 7) is 27.4. The molecule has 0 fully saturated rings. The van der Waals surface area contributed by atoms with Crippen LogP contribution in [0.3, 0.4) is 0 Å². The molecule has 0 aliphatic carbocycles. The van der Waals surface area contributed by atoms with Gasteiger partial charge in [-0.1, -0.05) is 0 Å². The van der Waals surface area contributed by atoms with Crippen LogP contribution in [0.4, 0.5) is 5.69 Å². The van der Waals surface area contributed by atoms with Gasteiger partial charge in [0, 0.05) is 19.5 Å². The quantitative estimate of drug-likeness (QED) is 0.562. The molecule has 1 heteroatoms. The van der Waals surface area contributed by atoms with Gasteiger partial charge in [-0.15, -0.1) is 0 Å². The van der Waals surface area contributed by atoms with E-state index in [0.29, 0.717) is 0 Å². The maximum absolute atomic E-state index is 5.49. The molecule has 12 heavy (non-hydrogen) atoms. The van der Waals surface area contributed by atoms with Gasteiger partial charge in [-0.25, -0.2) is 0 Å². The zero-order valence-corrected chi connectivity index (χ0v) is 6.46. The van der Waals surface area contributed by atoms with Gasteiger partial charge in [-0.3, -0.25) is 0 Å². The SMILES string of the molecule is [CH]c1c([CH])c([CH])c(N)c([CH])c1[CH]. The monoisotopic (exact) mass is 153 g/mol. The summed E-state index contributed by atoms with van der Waals surface area (Å²) >= 11 is 0. The Balaban J connectivity index is 3.60. The van der Waals surface area contributed by atoms with Crippen molar-refractivity contribution in [1.29, 1.82) is 0 Å². The molecule has 2 N–H and O–H groups in total. The number of nitrogen functional groups attached to an aromatic ring is 1. The van der Waals surface area contributed by atoms with Gasteiger partial charge in [-0.05, 0) is 48.6 Å². The molecule has 10 radical (unpaired) electrons. The zero-order chi connectivity index (χ0) is 9.46. The van der Waals surface area contributed by atoms with E-state index in [4.69, 9.17) is 40.4 Å². The fraction of sp³-hybridized carbons (Fsp3) is 0. The minimum atomic E-state index is 0.180. The Morgan fingerprint density at radius 1 is 0.583 bits per heavy atom. The molecule has 0 spiro atoms. The fourth-order valence-corrected chi connectivity index (χ4v) is 0.871. The third-order valence-electron chi connectivity index (χ3n) is 1.74. The summed E-state index contributed by atoms with van der Waals surface area (Å²) in [6, 6.07) is 0. The van der Waals surface area contributed by atoms with Crippen LogP contribution in [-0.4, -0.2) is 0 Å². The summed E-state index contributed by atoms with van der Waals surface area (Å²) in [5.41, 5.74) is 6.57. The van der Waals surface area contributed by atoms with E-state index in [1.54, 1.807) is 0 Å². The predicted molar refractivity (Wildman–Crippen MR) is 47.9 cm³/mol. The molecule has 1 nitrogen and oxygen atoms in total. The van der Waals surface area contributed by atoms with E-state index in [2.05, 4.69) is 0 Å².